The molecule has 0 atom stereocenters. The summed E-state index contributed by atoms with van der Waals surface area (Å²) in [6.45, 7) is 0. The molecular weight excluding hydrogens is 220 g/mol. The van der Waals surface area contributed by atoms with Crippen molar-refractivity contribution in [1.82, 2.24) is 0 Å². The molecule has 1 rings (SSSR count). The average Bonchev–Trinajstić information content (AvgIpc) is 2.05. The molecule has 0 aliphatic rings. The molecule has 0 radical (unpaired) electrons. The number of nitrogen functional groups attached to an aromatic ring is 1. The van der Waals surface area contributed by atoms with Gasteiger partial charge in [-0.1, -0.05) is 0 Å². The molecule has 0 aliphatic heterocycles. The molecule has 6 nitrogen and oxygen atoms in total. The fourth-order valence-corrected chi connectivity index (χ4v) is 1.61. The molecule has 1 aromatic rings. The van der Waals surface area contributed by atoms with E-state index in [1.54, 1.807) is 0 Å². The maximum Gasteiger partial charge on any atom is 0.337 e. The molecule has 82 valence electrons. The van der Waals surface area contributed by atoms with Gasteiger partial charge in [-0.3, -0.25) is 4.72 Å². The van der Waals surface area contributed by atoms with Crippen LogP contribution in [0.15, 0.2) is 18.2 Å². The highest BCUT2D eigenvalue weighted by atomic mass is 32.2. The number of benzene rings is 1. The fraction of sp³-hybridized carbons (Fsp3) is 0.125. The van der Waals surface area contributed by atoms with E-state index in [0.29, 0.717) is 0 Å². The van der Waals surface area contributed by atoms with Crippen molar-refractivity contribution in [2.45, 2.75) is 0 Å². The standard InChI is InChI=1S/C8H10N2O4S/c1-15(13,14)10-7-3-2-5(9)4-6(7)8(11)12/h2-4,10H,9H2,1H3,(H,11,12). The predicted molar refractivity (Wildman–Crippen MR) is 56.3 cm³/mol. The van der Waals surface area contributed by atoms with Gasteiger partial charge in [0, 0.05) is 5.69 Å². The van der Waals surface area contributed by atoms with E-state index in [4.69, 9.17) is 10.8 Å². The molecule has 0 saturated heterocycles. The maximum atomic E-state index is 10.9. The predicted octanol–water partition coefficient (Wildman–Crippen LogP) is 0.338. The average molecular weight is 230 g/mol. The minimum Gasteiger partial charge on any atom is -0.478 e. The SMILES string of the molecule is CS(=O)(=O)Nc1ccc(N)cc1C(=O)O. The minimum atomic E-state index is -3.50. The molecule has 1 aromatic carbocycles. The molecule has 7 heteroatoms. The molecule has 0 aromatic heterocycles. The summed E-state index contributed by atoms with van der Waals surface area (Å²) in [7, 11) is -3.50. The lowest BCUT2D eigenvalue weighted by molar-refractivity contribution is 0.0698. The molecule has 0 unspecified atom stereocenters. The van der Waals surface area contributed by atoms with Gasteiger partial charge < -0.3 is 10.8 Å². The number of anilines is 2. The molecule has 0 amide bonds. The molecule has 15 heavy (non-hydrogen) atoms. The van der Waals surface area contributed by atoms with Crippen molar-refractivity contribution >= 4 is 27.4 Å². The molecular formula is C8H10N2O4S. The van der Waals surface area contributed by atoms with Crippen molar-refractivity contribution in [1.29, 1.82) is 0 Å². The highest BCUT2D eigenvalue weighted by Gasteiger charge is 2.13. The molecule has 4 N–H and O–H groups in total. The molecule has 0 aliphatic carbocycles. The highest BCUT2D eigenvalue weighted by molar-refractivity contribution is 7.92. The normalized spacial score (nSPS) is 11.0. The third-order valence-electron chi connectivity index (χ3n) is 1.57. The van der Waals surface area contributed by atoms with Crippen LogP contribution in [0.4, 0.5) is 11.4 Å². The number of carboxylic acid groups (broad SMARTS) is 1. The smallest absolute Gasteiger partial charge is 0.337 e. The third-order valence-corrected chi connectivity index (χ3v) is 2.16. The van der Waals surface area contributed by atoms with E-state index in [2.05, 4.69) is 4.72 Å². The zero-order valence-electron chi connectivity index (χ0n) is 7.89. The van der Waals surface area contributed by atoms with Crippen LogP contribution in [0.5, 0.6) is 0 Å². The van der Waals surface area contributed by atoms with Gasteiger partial charge in [-0.2, -0.15) is 0 Å². The van der Waals surface area contributed by atoms with Gasteiger partial charge in [-0.25, -0.2) is 13.2 Å². The number of hydrogen-bond acceptors (Lipinski definition) is 4. The molecule has 0 saturated carbocycles. The number of carbonyl (C=O) groups is 1. The van der Waals surface area contributed by atoms with Crippen LogP contribution in [-0.2, 0) is 10.0 Å². The highest BCUT2D eigenvalue weighted by Crippen LogP contribution is 2.19. The summed E-state index contributed by atoms with van der Waals surface area (Å²) in [4.78, 5) is 10.8. The van der Waals surface area contributed by atoms with Gasteiger partial charge >= 0.3 is 5.97 Å². The van der Waals surface area contributed by atoms with Crippen LogP contribution >= 0.6 is 0 Å². The Labute approximate surface area is 86.8 Å². The second kappa shape index (κ2) is 3.77. The van der Waals surface area contributed by atoms with E-state index in [-0.39, 0.29) is 16.9 Å². The third kappa shape index (κ3) is 3.13. The van der Waals surface area contributed by atoms with Gasteiger partial charge in [0.15, 0.2) is 0 Å². The summed E-state index contributed by atoms with van der Waals surface area (Å²) in [5, 5.41) is 8.80. The summed E-state index contributed by atoms with van der Waals surface area (Å²) < 4.78 is 23.9. The Morgan fingerprint density at radius 2 is 2.07 bits per heavy atom. The van der Waals surface area contributed by atoms with E-state index >= 15 is 0 Å². The van der Waals surface area contributed by atoms with Crippen molar-refractivity contribution in [2.75, 3.05) is 16.7 Å². The lowest BCUT2D eigenvalue weighted by Crippen LogP contribution is -2.13. The van der Waals surface area contributed by atoms with E-state index in [1.165, 1.54) is 18.2 Å². The van der Waals surface area contributed by atoms with Crippen LogP contribution in [0.3, 0.4) is 0 Å². The Hall–Kier alpha value is -1.76. The lowest BCUT2D eigenvalue weighted by Gasteiger charge is -2.07. The Morgan fingerprint density at radius 3 is 2.53 bits per heavy atom. The first-order valence-electron chi connectivity index (χ1n) is 3.90. The number of sulfonamides is 1. The first-order chi connectivity index (χ1) is 6.79. The van der Waals surface area contributed by atoms with Crippen molar-refractivity contribution in [3.63, 3.8) is 0 Å². The first kappa shape index (κ1) is 11.3. The fourth-order valence-electron chi connectivity index (χ4n) is 1.03. The quantitative estimate of drug-likeness (QED) is 0.648. The molecule has 0 fully saturated rings. The maximum absolute atomic E-state index is 10.9. The van der Waals surface area contributed by atoms with Gasteiger partial charge in [0.05, 0.1) is 17.5 Å². The van der Waals surface area contributed by atoms with E-state index < -0.39 is 16.0 Å². The van der Waals surface area contributed by atoms with Crippen LogP contribution in [0.25, 0.3) is 0 Å². The Balaban J connectivity index is 3.24. The summed E-state index contributed by atoms with van der Waals surface area (Å²) in [6.07, 6.45) is 0.939. The second-order valence-corrected chi connectivity index (χ2v) is 4.73. The van der Waals surface area contributed by atoms with E-state index in [0.717, 1.165) is 6.26 Å². The van der Waals surface area contributed by atoms with Crippen molar-refractivity contribution < 1.29 is 18.3 Å². The zero-order valence-corrected chi connectivity index (χ0v) is 8.71. The summed E-state index contributed by atoms with van der Waals surface area (Å²) in [6, 6.07) is 3.91. The van der Waals surface area contributed by atoms with Crippen LogP contribution < -0.4 is 10.5 Å². The van der Waals surface area contributed by atoms with Crippen LogP contribution in [-0.4, -0.2) is 25.7 Å². The zero-order chi connectivity index (χ0) is 11.6. The van der Waals surface area contributed by atoms with E-state index in [1.807, 2.05) is 0 Å². The second-order valence-electron chi connectivity index (χ2n) is 2.98. The van der Waals surface area contributed by atoms with Gasteiger partial charge in [-0.05, 0) is 18.2 Å². The Morgan fingerprint density at radius 1 is 1.47 bits per heavy atom. The van der Waals surface area contributed by atoms with Crippen molar-refractivity contribution in [3.05, 3.63) is 23.8 Å². The summed E-state index contributed by atoms with van der Waals surface area (Å²) in [5.74, 6) is -1.24. The molecule has 0 bridgehead atoms. The number of rotatable bonds is 3. The Kier molecular flexibility index (Phi) is 2.85. The molecule has 0 spiro atoms. The monoisotopic (exact) mass is 230 g/mol. The summed E-state index contributed by atoms with van der Waals surface area (Å²) in [5.41, 5.74) is 5.46. The number of hydrogen-bond donors (Lipinski definition) is 3. The number of aromatic carboxylic acids is 1. The van der Waals surface area contributed by atoms with Gasteiger partial charge in [0.1, 0.15) is 0 Å². The first-order valence-corrected chi connectivity index (χ1v) is 5.79. The van der Waals surface area contributed by atoms with Gasteiger partial charge in [-0.15, -0.1) is 0 Å². The number of carboxylic acids is 1. The number of nitrogens with two attached hydrogens (primary N) is 1. The van der Waals surface area contributed by atoms with Crippen LogP contribution in [0.1, 0.15) is 10.4 Å². The van der Waals surface area contributed by atoms with Crippen LogP contribution in [0.2, 0.25) is 0 Å². The largest absolute Gasteiger partial charge is 0.478 e. The minimum absolute atomic E-state index is 0.000741. The lowest BCUT2D eigenvalue weighted by atomic mass is 10.1. The molecule has 0 heterocycles. The summed E-state index contributed by atoms with van der Waals surface area (Å²) >= 11 is 0. The van der Waals surface area contributed by atoms with Gasteiger partial charge in [0.2, 0.25) is 10.0 Å². The van der Waals surface area contributed by atoms with Crippen LogP contribution in [0, 0.1) is 0 Å². The van der Waals surface area contributed by atoms with Crippen molar-refractivity contribution in [3.8, 4) is 0 Å². The van der Waals surface area contributed by atoms with Gasteiger partial charge in [0.25, 0.3) is 0 Å². The van der Waals surface area contributed by atoms with E-state index in [9.17, 15) is 13.2 Å². The topological polar surface area (TPSA) is 109 Å². The number of nitrogens with one attached hydrogen (secondary N) is 1. The van der Waals surface area contributed by atoms with Crippen molar-refractivity contribution in [2.24, 2.45) is 0 Å². The Bertz CT molecular complexity index is 495.